The van der Waals surface area contributed by atoms with Gasteiger partial charge in [-0.1, -0.05) is 35.9 Å². The van der Waals surface area contributed by atoms with Crippen molar-refractivity contribution in [3.8, 4) is 5.75 Å². The van der Waals surface area contributed by atoms with Gasteiger partial charge in [0.2, 0.25) is 0 Å². The Morgan fingerprint density at radius 3 is 2.83 bits per heavy atom. The van der Waals surface area contributed by atoms with Gasteiger partial charge in [-0.15, -0.1) is 0 Å². The maximum absolute atomic E-state index is 12.0. The number of para-hydroxylation sites is 1. The van der Waals surface area contributed by atoms with Crippen LogP contribution in [0.1, 0.15) is 16.1 Å². The zero-order chi connectivity index (χ0) is 16.2. The summed E-state index contributed by atoms with van der Waals surface area (Å²) in [6.45, 7) is 2.66. The number of rotatable bonds is 5. The van der Waals surface area contributed by atoms with Crippen LogP contribution in [0.5, 0.6) is 5.75 Å². The van der Waals surface area contributed by atoms with E-state index in [0.29, 0.717) is 35.3 Å². The van der Waals surface area contributed by atoms with E-state index in [1.165, 1.54) is 0 Å². The number of benzene rings is 2. The molecule has 1 heterocycles. The van der Waals surface area contributed by atoms with Gasteiger partial charge < -0.3 is 14.5 Å². The number of hydrogen-bond acceptors (Lipinski definition) is 3. The Balaban J connectivity index is 1.52. The molecule has 118 valence electrons. The Hall–Kier alpha value is -2.46. The number of fused-ring (bicyclic) bond motifs is 1. The first-order valence-corrected chi connectivity index (χ1v) is 7.67. The Kier molecular flexibility index (Phi) is 4.53. The van der Waals surface area contributed by atoms with Gasteiger partial charge in [-0.2, -0.15) is 0 Å². The molecule has 0 bridgehead atoms. The fraction of sp³-hybridized carbons (Fsp3) is 0.167. The van der Waals surface area contributed by atoms with Crippen molar-refractivity contribution in [2.24, 2.45) is 0 Å². The molecule has 0 atom stereocenters. The molecular weight excluding hydrogens is 314 g/mol. The Labute approximate surface area is 139 Å². The molecule has 0 radical (unpaired) electrons. The minimum Gasteiger partial charge on any atom is -0.492 e. The first kappa shape index (κ1) is 15.4. The van der Waals surface area contributed by atoms with Crippen LogP contribution in [0, 0.1) is 6.92 Å². The smallest absolute Gasteiger partial charge is 0.287 e. The largest absolute Gasteiger partial charge is 0.492 e. The molecule has 0 fully saturated rings. The van der Waals surface area contributed by atoms with Crippen LogP contribution < -0.4 is 10.1 Å². The summed E-state index contributed by atoms with van der Waals surface area (Å²) >= 11 is 6.03. The summed E-state index contributed by atoms with van der Waals surface area (Å²) in [5.74, 6) is 0.718. The molecule has 1 amide bonds. The van der Waals surface area contributed by atoms with E-state index in [1.807, 2.05) is 43.3 Å². The van der Waals surface area contributed by atoms with E-state index < -0.39 is 0 Å². The molecule has 1 N–H and O–H groups in total. The molecule has 23 heavy (non-hydrogen) atoms. The lowest BCUT2D eigenvalue weighted by atomic mass is 10.2. The summed E-state index contributed by atoms with van der Waals surface area (Å²) < 4.78 is 11.1. The lowest BCUT2D eigenvalue weighted by molar-refractivity contribution is 0.0921. The third-order valence-corrected chi connectivity index (χ3v) is 3.86. The van der Waals surface area contributed by atoms with Crippen molar-refractivity contribution in [2.75, 3.05) is 13.2 Å². The molecule has 0 aliphatic heterocycles. The Bertz CT molecular complexity index is 808. The summed E-state index contributed by atoms with van der Waals surface area (Å²) in [6, 6.07) is 14.7. The maximum Gasteiger partial charge on any atom is 0.287 e. The molecule has 3 aromatic rings. The van der Waals surface area contributed by atoms with Gasteiger partial charge in [-0.3, -0.25) is 4.79 Å². The van der Waals surface area contributed by atoms with Crippen LogP contribution >= 0.6 is 11.6 Å². The van der Waals surface area contributed by atoms with Gasteiger partial charge >= 0.3 is 0 Å². The minimum absolute atomic E-state index is 0.258. The van der Waals surface area contributed by atoms with E-state index in [9.17, 15) is 4.79 Å². The summed E-state index contributed by atoms with van der Waals surface area (Å²) in [5.41, 5.74) is 1.69. The number of amides is 1. The summed E-state index contributed by atoms with van der Waals surface area (Å²) in [5, 5.41) is 4.33. The highest BCUT2D eigenvalue weighted by Crippen LogP contribution is 2.21. The number of nitrogens with one attached hydrogen (secondary N) is 1. The lowest BCUT2D eigenvalue weighted by Crippen LogP contribution is -2.27. The van der Waals surface area contributed by atoms with Gasteiger partial charge in [0, 0.05) is 10.4 Å². The Morgan fingerprint density at radius 2 is 2.04 bits per heavy atom. The van der Waals surface area contributed by atoms with Gasteiger partial charge in [0.1, 0.15) is 17.9 Å². The first-order valence-electron chi connectivity index (χ1n) is 7.29. The van der Waals surface area contributed by atoms with Gasteiger partial charge in [0.25, 0.3) is 5.91 Å². The molecule has 0 spiro atoms. The molecular formula is C18H16ClNO3. The van der Waals surface area contributed by atoms with Gasteiger partial charge in [0.05, 0.1) is 6.54 Å². The van der Waals surface area contributed by atoms with Crippen LogP contribution in [0.2, 0.25) is 5.02 Å². The fourth-order valence-corrected chi connectivity index (χ4v) is 2.35. The van der Waals surface area contributed by atoms with Crippen molar-refractivity contribution in [2.45, 2.75) is 6.92 Å². The van der Waals surface area contributed by atoms with E-state index in [-0.39, 0.29) is 5.91 Å². The molecule has 0 saturated heterocycles. The van der Waals surface area contributed by atoms with Gasteiger partial charge in [0.15, 0.2) is 5.76 Å². The van der Waals surface area contributed by atoms with Crippen molar-refractivity contribution >= 4 is 28.5 Å². The monoisotopic (exact) mass is 329 g/mol. The normalized spacial score (nSPS) is 10.7. The molecule has 2 aromatic carbocycles. The first-order chi connectivity index (χ1) is 11.1. The van der Waals surface area contributed by atoms with Gasteiger partial charge in [-0.25, -0.2) is 0 Å². The number of hydrogen-bond donors (Lipinski definition) is 1. The van der Waals surface area contributed by atoms with Crippen molar-refractivity contribution in [3.63, 3.8) is 0 Å². The number of carbonyl (C=O) groups is 1. The van der Waals surface area contributed by atoms with Crippen LogP contribution in [0.3, 0.4) is 0 Å². The number of aryl methyl sites for hydroxylation is 1. The van der Waals surface area contributed by atoms with E-state index in [2.05, 4.69) is 5.32 Å². The number of ether oxygens (including phenoxy) is 1. The molecule has 4 nitrogen and oxygen atoms in total. The van der Waals surface area contributed by atoms with E-state index >= 15 is 0 Å². The van der Waals surface area contributed by atoms with Crippen LogP contribution in [0.4, 0.5) is 0 Å². The number of carbonyl (C=O) groups excluding carboxylic acids is 1. The minimum atomic E-state index is -0.258. The third kappa shape index (κ3) is 3.66. The highest BCUT2D eigenvalue weighted by Gasteiger charge is 2.11. The van der Waals surface area contributed by atoms with E-state index in [4.69, 9.17) is 20.8 Å². The van der Waals surface area contributed by atoms with Crippen molar-refractivity contribution in [1.82, 2.24) is 5.32 Å². The zero-order valence-electron chi connectivity index (χ0n) is 12.6. The molecule has 5 heteroatoms. The molecule has 0 saturated carbocycles. The average molecular weight is 330 g/mol. The molecule has 0 unspecified atom stereocenters. The predicted molar refractivity (Wildman–Crippen MR) is 90.2 cm³/mol. The zero-order valence-corrected chi connectivity index (χ0v) is 13.4. The maximum atomic E-state index is 12.0. The number of halogens is 1. The topological polar surface area (TPSA) is 51.5 Å². The van der Waals surface area contributed by atoms with Crippen molar-refractivity contribution < 1.29 is 13.9 Å². The highest BCUT2D eigenvalue weighted by molar-refractivity contribution is 6.31. The van der Waals surface area contributed by atoms with Crippen LogP contribution in [0.25, 0.3) is 11.0 Å². The average Bonchev–Trinajstić information content (AvgIpc) is 2.99. The van der Waals surface area contributed by atoms with Crippen molar-refractivity contribution in [1.29, 1.82) is 0 Å². The van der Waals surface area contributed by atoms with Crippen LogP contribution in [-0.4, -0.2) is 19.1 Å². The van der Waals surface area contributed by atoms with E-state index in [0.717, 1.165) is 10.9 Å². The second-order valence-electron chi connectivity index (χ2n) is 5.16. The molecule has 1 aromatic heterocycles. The summed E-state index contributed by atoms with van der Waals surface area (Å²) in [7, 11) is 0. The highest BCUT2D eigenvalue weighted by atomic mass is 35.5. The van der Waals surface area contributed by atoms with Crippen LogP contribution in [0.15, 0.2) is 52.9 Å². The molecule has 0 aliphatic rings. The Morgan fingerprint density at radius 1 is 1.22 bits per heavy atom. The molecule has 0 aliphatic carbocycles. The second-order valence-corrected chi connectivity index (χ2v) is 5.57. The standard InChI is InChI=1S/C18H16ClNO3/c1-12-6-7-14(11-15(12)19)22-9-8-20-18(21)17-10-13-4-2-3-5-16(13)23-17/h2-7,10-11H,8-9H2,1H3,(H,20,21). The quantitative estimate of drug-likeness (QED) is 0.714. The lowest BCUT2D eigenvalue weighted by Gasteiger charge is -2.08. The summed E-state index contributed by atoms with van der Waals surface area (Å²) in [4.78, 5) is 12.0. The van der Waals surface area contributed by atoms with Crippen molar-refractivity contribution in [3.05, 3.63) is 64.9 Å². The van der Waals surface area contributed by atoms with Gasteiger partial charge in [-0.05, 0) is 36.8 Å². The SMILES string of the molecule is Cc1ccc(OCCNC(=O)c2cc3ccccc3o2)cc1Cl. The summed E-state index contributed by atoms with van der Waals surface area (Å²) in [6.07, 6.45) is 0. The van der Waals surface area contributed by atoms with E-state index in [1.54, 1.807) is 12.1 Å². The second kappa shape index (κ2) is 6.75. The predicted octanol–water partition coefficient (Wildman–Crippen LogP) is 4.20. The van der Waals surface area contributed by atoms with Crippen LogP contribution in [-0.2, 0) is 0 Å². The fourth-order valence-electron chi connectivity index (χ4n) is 2.18. The molecule has 3 rings (SSSR count). The number of furan rings is 1. The third-order valence-electron chi connectivity index (χ3n) is 3.45.